The number of hydrogen-bond donors (Lipinski definition) is 2. The Morgan fingerprint density at radius 2 is 1.94 bits per heavy atom. The first kappa shape index (κ1) is 22.2. The second-order valence-electron chi connectivity index (χ2n) is 7.81. The first-order valence-electron chi connectivity index (χ1n) is 10.5. The van der Waals surface area contributed by atoms with E-state index in [4.69, 9.17) is 4.74 Å². The molecule has 10 heteroatoms. The molecule has 32 heavy (non-hydrogen) atoms. The van der Waals surface area contributed by atoms with Crippen molar-refractivity contribution in [3.8, 4) is 5.75 Å². The number of para-hydroxylation sites is 1. The van der Waals surface area contributed by atoms with Crippen molar-refractivity contribution in [2.24, 2.45) is 5.92 Å². The SMILES string of the molecule is CC[C@H]1Oc2ccc(S(=O)(=O)N3CCC(C(=O)Nc4ccccc4F)CC3)cc2NC1=O. The molecule has 1 atom stereocenters. The lowest BCUT2D eigenvalue weighted by Gasteiger charge is -2.31. The zero-order valence-corrected chi connectivity index (χ0v) is 18.3. The number of anilines is 2. The Bertz CT molecular complexity index is 1150. The van der Waals surface area contributed by atoms with Crippen LogP contribution < -0.4 is 15.4 Å². The summed E-state index contributed by atoms with van der Waals surface area (Å²) in [5.74, 6) is -1.14. The fourth-order valence-electron chi connectivity index (χ4n) is 3.86. The maximum atomic E-state index is 13.8. The number of halogens is 1. The summed E-state index contributed by atoms with van der Waals surface area (Å²) in [5.41, 5.74) is 0.427. The topological polar surface area (TPSA) is 105 Å². The highest BCUT2D eigenvalue weighted by molar-refractivity contribution is 7.89. The van der Waals surface area contributed by atoms with Crippen LogP contribution in [0, 0.1) is 11.7 Å². The van der Waals surface area contributed by atoms with Gasteiger partial charge in [-0.1, -0.05) is 19.1 Å². The molecule has 4 rings (SSSR count). The molecule has 0 aromatic heterocycles. The number of carbonyl (C=O) groups excluding carboxylic acids is 2. The Labute approximate surface area is 185 Å². The van der Waals surface area contributed by atoms with Crippen LogP contribution in [0.4, 0.5) is 15.8 Å². The van der Waals surface area contributed by atoms with Crippen LogP contribution in [0.1, 0.15) is 26.2 Å². The lowest BCUT2D eigenvalue weighted by molar-refractivity contribution is -0.123. The van der Waals surface area contributed by atoms with E-state index >= 15 is 0 Å². The van der Waals surface area contributed by atoms with Gasteiger partial charge in [-0.2, -0.15) is 4.31 Å². The fraction of sp³-hybridized carbons (Fsp3) is 0.364. The third-order valence-electron chi connectivity index (χ3n) is 5.74. The van der Waals surface area contributed by atoms with E-state index in [2.05, 4.69) is 10.6 Å². The molecule has 0 unspecified atom stereocenters. The largest absolute Gasteiger partial charge is 0.478 e. The number of benzene rings is 2. The molecule has 2 aliphatic rings. The lowest BCUT2D eigenvalue weighted by Crippen LogP contribution is -2.41. The average molecular weight is 462 g/mol. The molecule has 8 nitrogen and oxygen atoms in total. The van der Waals surface area contributed by atoms with E-state index in [0.29, 0.717) is 30.7 Å². The molecular weight excluding hydrogens is 437 g/mol. The van der Waals surface area contributed by atoms with Crippen molar-refractivity contribution >= 4 is 33.2 Å². The van der Waals surface area contributed by atoms with Gasteiger partial charge in [0.25, 0.3) is 5.91 Å². The molecule has 0 radical (unpaired) electrons. The summed E-state index contributed by atoms with van der Waals surface area (Å²) in [6.45, 7) is 2.15. The van der Waals surface area contributed by atoms with Gasteiger partial charge in [-0.3, -0.25) is 9.59 Å². The van der Waals surface area contributed by atoms with Gasteiger partial charge in [-0.15, -0.1) is 0 Å². The van der Waals surface area contributed by atoms with Crippen LogP contribution in [0.5, 0.6) is 5.75 Å². The first-order valence-corrected chi connectivity index (χ1v) is 11.9. The Balaban J connectivity index is 1.42. The fourth-order valence-corrected chi connectivity index (χ4v) is 5.36. The molecule has 0 saturated carbocycles. The smallest absolute Gasteiger partial charge is 0.265 e. The predicted molar refractivity (Wildman–Crippen MR) is 116 cm³/mol. The van der Waals surface area contributed by atoms with Crippen molar-refractivity contribution in [1.29, 1.82) is 0 Å². The second kappa shape index (κ2) is 8.87. The molecule has 1 fully saturated rings. The van der Waals surface area contributed by atoms with E-state index in [-0.39, 0.29) is 35.5 Å². The number of hydrogen-bond acceptors (Lipinski definition) is 5. The van der Waals surface area contributed by atoms with Crippen LogP contribution in [-0.2, 0) is 19.6 Å². The summed E-state index contributed by atoms with van der Waals surface area (Å²) in [4.78, 5) is 24.6. The Hall–Kier alpha value is -2.98. The van der Waals surface area contributed by atoms with Crippen LogP contribution in [0.15, 0.2) is 47.4 Å². The summed E-state index contributed by atoms with van der Waals surface area (Å²) < 4.78 is 46.9. The van der Waals surface area contributed by atoms with Crippen LogP contribution in [0.25, 0.3) is 0 Å². The molecule has 2 aromatic carbocycles. The monoisotopic (exact) mass is 461 g/mol. The number of piperidine rings is 1. The molecule has 2 amide bonds. The molecule has 2 aliphatic heterocycles. The van der Waals surface area contributed by atoms with Crippen LogP contribution in [0.3, 0.4) is 0 Å². The Morgan fingerprint density at radius 3 is 2.62 bits per heavy atom. The molecule has 2 N–H and O–H groups in total. The van der Waals surface area contributed by atoms with Gasteiger partial charge >= 0.3 is 0 Å². The van der Waals surface area contributed by atoms with Crippen molar-refractivity contribution in [1.82, 2.24) is 4.31 Å². The van der Waals surface area contributed by atoms with Gasteiger partial charge in [-0.25, -0.2) is 12.8 Å². The van der Waals surface area contributed by atoms with Crippen molar-refractivity contribution in [3.63, 3.8) is 0 Å². The van der Waals surface area contributed by atoms with Gasteiger partial charge in [0.2, 0.25) is 15.9 Å². The Kier molecular flexibility index (Phi) is 6.16. The third-order valence-corrected chi connectivity index (χ3v) is 7.63. The van der Waals surface area contributed by atoms with Crippen molar-refractivity contribution in [3.05, 3.63) is 48.3 Å². The van der Waals surface area contributed by atoms with Crippen LogP contribution in [-0.4, -0.2) is 43.7 Å². The van der Waals surface area contributed by atoms with E-state index in [1.54, 1.807) is 12.1 Å². The highest BCUT2D eigenvalue weighted by Crippen LogP contribution is 2.34. The number of ether oxygens (including phenoxy) is 1. The van der Waals surface area contributed by atoms with Gasteiger partial charge < -0.3 is 15.4 Å². The third kappa shape index (κ3) is 4.33. The maximum Gasteiger partial charge on any atom is 0.265 e. The summed E-state index contributed by atoms with van der Waals surface area (Å²) in [6.07, 6.45) is 0.551. The first-order chi connectivity index (χ1) is 15.3. The van der Waals surface area contributed by atoms with E-state index in [1.807, 2.05) is 6.92 Å². The molecule has 2 heterocycles. The summed E-state index contributed by atoms with van der Waals surface area (Å²) >= 11 is 0. The van der Waals surface area contributed by atoms with Crippen molar-refractivity contribution in [2.75, 3.05) is 23.7 Å². The number of fused-ring (bicyclic) bond motifs is 1. The van der Waals surface area contributed by atoms with Gasteiger partial charge in [-0.05, 0) is 49.6 Å². The number of sulfonamides is 1. The van der Waals surface area contributed by atoms with Gasteiger partial charge in [0.1, 0.15) is 11.6 Å². The predicted octanol–water partition coefficient (Wildman–Crippen LogP) is 2.97. The number of amides is 2. The molecule has 2 aromatic rings. The molecular formula is C22H24FN3O5S. The van der Waals surface area contributed by atoms with Crippen LogP contribution >= 0.6 is 0 Å². The highest BCUT2D eigenvalue weighted by Gasteiger charge is 2.34. The Morgan fingerprint density at radius 1 is 1.22 bits per heavy atom. The van der Waals surface area contributed by atoms with E-state index < -0.39 is 27.9 Å². The normalized spacial score (nSPS) is 19.6. The summed E-state index contributed by atoms with van der Waals surface area (Å²) in [6, 6.07) is 10.3. The van der Waals surface area contributed by atoms with Crippen LogP contribution in [0.2, 0.25) is 0 Å². The van der Waals surface area contributed by atoms with Crippen molar-refractivity contribution in [2.45, 2.75) is 37.2 Å². The zero-order valence-electron chi connectivity index (χ0n) is 17.5. The minimum atomic E-state index is -3.81. The molecule has 170 valence electrons. The highest BCUT2D eigenvalue weighted by atomic mass is 32.2. The maximum absolute atomic E-state index is 13.8. The number of carbonyl (C=O) groups is 2. The minimum Gasteiger partial charge on any atom is -0.478 e. The molecule has 1 saturated heterocycles. The van der Waals surface area contributed by atoms with Gasteiger partial charge in [0, 0.05) is 19.0 Å². The van der Waals surface area contributed by atoms with Gasteiger partial charge in [0.15, 0.2) is 6.10 Å². The zero-order chi connectivity index (χ0) is 22.9. The summed E-state index contributed by atoms with van der Waals surface area (Å²) in [5, 5.41) is 5.27. The standard InChI is InChI=1S/C22H24FN3O5S/c1-2-19-22(28)25-18-13-15(7-8-20(18)31-19)32(29,30)26-11-9-14(10-12-26)21(27)24-17-6-4-3-5-16(17)23/h3-8,13-14,19H,2,9-12H2,1H3,(H,24,27)(H,25,28)/t19-/m1/s1. The van der Waals surface area contributed by atoms with E-state index in [9.17, 15) is 22.4 Å². The van der Waals surface area contributed by atoms with E-state index in [1.165, 1.54) is 34.6 Å². The number of nitrogens with zero attached hydrogens (tertiary/aromatic N) is 1. The molecule has 0 spiro atoms. The molecule has 0 bridgehead atoms. The molecule has 0 aliphatic carbocycles. The average Bonchev–Trinajstić information content (AvgIpc) is 2.79. The quantitative estimate of drug-likeness (QED) is 0.712. The van der Waals surface area contributed by atoms with E-state index in [0.717, 1.165) is 0 Å². The lowest BCUT2D eigenvalue weighted by atomic mass is 9.97. The van der Waals surface area contributed by atoms with Crippen molar-refractivity contribution < 1.29 is 27.1 Å². The van der Waals surface area contributed by atoms with Gasteiger partial charge in [0.05, 0.1) is 16.3 Å². The second-order valence-corrected chi connectivity index (χ2v) is 9.75. The minimum absolute atomic E-state index is 0.0457. The number of nitrogens with one attached hydrogen (secondary N) is 2. The number of rotatable bonds is 5. The summed E-state index contributed by atoms with van der Waals surface area (Å²) in [7, 11) is -3.81.